The zero-order valence-corrected chi connectivity index (χ0v) is 20.0. The van der Waals surface area contributed by atoms with Crippen LogP contribution in [0.3, 0.4) is 0 Å². The second-order valence-corrected chi connectivity index (χ2v) is 8.12. The predicted octanol–water partition coefficient (Wildman–Crippen LogP) is 5.80. The van der Waals surface area contributed by atoms with Gasteiger partial charge in [0.15, 0.2) is 11.5 Å². The Hall–Kier alpha value is -4.16. The number of halogens is 1. The summed E-state index contributed by atoms with van der Waals surface area (Å²) in [6.07, 6.45) is 1.41. The number of benzene rings is 3. The molecule has 8 nitrogen and oxygen atoms in total. The molecule has 3 rings (SSSR count). The van der Waals surface area contributed by atoms with Crippen LogP contribution in [0.5, 0.6) is 11.5 Å². The van der Waals surface area contributed by atoms with E-state index in [4.69, 9.17) is 9.47 Å². The number of nitro groups is 1. The number of nitriles is 1. The summed E-state index contributed by atoms with van der Waals surface area (Å²) in [5.74, 6) is 0.275. The molecule has 172 valence electrons. The molecule has 0 bridgehead atoms. The van der Waals surface area contributed by atoms with Gasteiger partial charge in [0.05, 0.1) is 17.7 Å². The number of hydrogen-bond acceptors (Lipinski definition) is 6. The second kappa shape index (κ2) is 11.1. The van der Waals surface area contributed by atoms with E-state index in [1.165, 1.54) is 31.4 Å². The van der Waals surface area contributed by atoms with Crippen molar-refractivity contribution in [1.82, 2.24) is 0 Å². The Morgan fingerprint density at radius 1 is 1.15 bits per heavy atom. The number of carbonyl (C=O) groups excluding carboxylic acids is 1. The summed E-state index contributed by atoms with van der Waals surface area (Å²) in [5, 5.41) is 23.1. The molecule has 9 heteroatoms. The second-order valence-electron chi connectivity index (χ2n) is 7.21. The molecular weight excluding hydrogens is 502 g/mol. The number of carbonyl (C=O) groups is 1. The Labute approximate surface area is 204 Å². The monoisotopic (exact) mass is 521 g/mol. The Kier molecular flexibility index (Phi) is 8.01. The van der Waals surface area contributed by atoms with Gasteiger partial charge in [-0.1, -0.05) is 40.2 Å². The van der Waals surface area contributed by atoms with Crippen molar-refractivity contribution in [3.8, 4) is 17.6 Å². The van der Waals surface area contributed by atoms with Crippen molar-refractivity contribution < 1.29 is 19.2 Å². The van der Waals surface area contributed by atoms with E-state index in [0.717, 1.165) is 10.0 Å². The van der Waals surface area contributed by atoms with Crippen molar-refractivity contribution in [3.63, 3.8) is 0 Å². The van der Waals surface area contributed by atoms with E-state index in [0.29, 0.717) is 29.2 Å². The average Bonchev–Trinajstić information content (AvgIpc) is 2.83. The molecule has 3 aromatic carbocycles. The molecule has 0 atom stereocenters. The third kappa shape index (κ3) is 6.21. The van der Waals surface area contributed by atoms with Gasteiger partial charge in [-0.2, -0.15) is 5.26 Å². The van der Waals surface area contributed by atoms with E-state index >= 15 is 0 Å². The molecule has 0 spiro atoms. The first-order chi connectivity index (χ1) is 16.3. The van der Waals surface area contributed by atoms with Gasteiger partial charge in [0.1, 0.15) is 18.2 Å². The van der Waals surface area contributed by atoms with E-state index in [2.05, 4.69) is 21.2 Å². The Balaban J connectivity index is 1.78. The zero-order valence-electron chi connectivity index (χ0n) is 18.4. The molecule has 0 fully saturated rings. The lowest BCUT2D eigenvalue weighted by atomic mass is 10.1. The molecule has 0 heterocycles. The fourth-order valence-corrected chi connectivity index (χ4v) is 3.26. The van der Waals surface area contributed by atoms with Crippen LogP contribution in [-0.2, 0) is 11.4 Å². The summed E-state index contributed by atoms with van der Waals surface area (Å²) in [5.41, 5.74) is 2.09. The number of rotatable bonds is 8. The lowest BCUT2D eigenvalue weighted by Gasteiger charge is -2.12. The fourth-order valence-electron chi connectivity index (χ4n) is 3.00. The van der Waals surface area contributed by atoms with Gasteiger partial charge in [0, 0.05) is 16.6 Å². The first kappa shape index (κ1) is 24.5. The summed E-state index contributed by atoms with van der Waals surface area (Å²) in [6, 6.07) is 18.8. The normalized spacial score (nSPS) is 10.8. The first-order valence-corrected chi connectivity index (χ1v) is 10.8. The number of nitro benzene ring substituents is 1. The quantitative estimate of drug-likeness (QED) is 0.173. The molecule has 0 aromatic heterocycles. The fraction of sp³-hybridized carbons (Fsp3) is 0.120. The van der Waals surface area contributed by atoms with E-state index < -0.39 is 10.8 Å². The molecular formula is C25H20BrN3O5. The van der Waals surface area contributed by atoms with Gasteiger partial charge in [0.25, 0.3) is 11.6 Å². The van der Waals surface area contributed by atoms with E-state index in [9.17, 15) is 20.2 Å². The minimum Gasteiger partial charge on any atom is -0.493 e. The summed E-state index contributed by atoms with van der Waals surface area (Å²) in [4.78, 5) is 23.1. The van der Waals surface area contributed by atoms with Gasteiger partial charge in [-0.25, -0.2) is 0 Å². The van der Waals surface area contributed by atoms with Crippen LogP contribution >= 0.6 is 15.9 Å². The average molecular weight is 522 g/mol. The smallest absolute Gasteiger partial charge is 0.271 e. The number of hydrogen-bond donors (Lipinski definition) is 1. The molecule has 0 aliphatic carbocycles. The molecule has 3 aromatic rings. The van der Waals surface area contributed by atoms with Crippen molar-refractivity contribution in [2.24, 2.45) is 0 Å². The van der Waals surface area contributed by atoms with Gasteiger partial charge in [0.2, 0.25) is 0 Å². The van der Waals surface area contributed by atoms with Gasteiger partial charge < -0.3 is 14.8 Å². The lowest BCUT2D eigenvalue weighted by molar-refractivity contribution is -0.384. The van der Waals surface area contributed by atoms with Crippen LogP contribution in [0.2, 0.25) is 0 Å². The minimum absolute atomic E-state index is 0.160. The third-order valence-electron chi connectivity index (χ3n) is 4.85. The van der Waals surface area contributed by atoms with Crippen molar-refractivity contribution in [1.29, 1.82) is 5.26 Å². The number of ether oxygens (including phenoxy) is 2. The molecule has 0 saturated heterocycles. The SMILES string of the molecule is COc1cc(/C=C(\C#N)C(=O)Nc2cc([N+](=O)[O-])ccc2C)ccc1OCc1ccc(Br)cc1. The molecule has 34 heavy (non-hydrogen) atoms. The van der Waals surface area contributed by atoms with Gasteiger partial charge in [-0.3, -0.25) is 14.9 Å². The standard InChI is InChI=1S/C25H20BrN3O5/c1-16-3-9-21(29(31)32)13-22(16)28-25(30)19(14-27)11-18-6-10-23(24(12-18)33-2)34-15-17-4-7-20(26)8-5-17/h3-13H,15H2,1-2H3,(H,28,30)/b19-11+. The van der Waals surface area contributed by atoms with E-state index in [-0.39, 0.29) is 16.9 Å². The third-order valence-corrected chi connectivity index (χ3v) is 5.38. The summed E-state index contributed by atoms with van der Waals surface area (Å²) in [7, 11) is 1.50. The van der Waals surface area contributed by atoms with Crippen molar-refractivity contribution in [2.75, 3.05) is 12.4 Å². The lowest BCUT2D eigenvalue weighted by Crippen LogP contribution is -2.14. The van der Waals surface area contributed by atoms with Gasteiger partial charge in [-0.15, -0.1) is 0 Å². The Morgan fingerprint density at radius 3 is 2.53 bits per heavy atom. The number of non-ortho nitro benzene ring substituents is 1. The highest BCUT2D eigenvalue weighted by Gasteiger charge is 2.15. The van der Waals surface area contributed by atoms with Crippen LogP contribution < -0.4 is 14.8 Å². The largest absolute Gasteiger partial charge is 0.493 e. The number of nitrogens with zero attached hydrogens (tertiary/aromatic N) is 2. The molecule has 1 amide bonds. The van der Waals surface area contributed by atoms with Crippen LogP contribution in [0.1, 0.15) is 16.7 Å². The van der Waals surface area contributed by atoms with Crippen LogP contribution in [0, 0.1) is 28.4 Å². The van der Waals surface area contributed by atoms with Crippen molar-refractivity contribution >= 4 is 39.3 Å². The first-order valence-electron chi connectivity index (χ1n) is 10.0. The topological polar surface area (TPSA) is 114 Å². The highest BCUT2D eigenvalue weighted by molar-refractivity contribution is 9.10. The number of aryl methyl sites for hydroxylation is 1. The van der Waals surface area contributed by atoms with Crippen LogP contribution in [-0.4, -0.2) is 17.9 Å². The maximum atomic E-state index is 12.7. The predicted molar refractivity (Wildman–Crippen MR) is 132 cm³/mol. The molecule has 0 unspecified atom stereocenters. The highest BCUT2D eigenvalue weighted by atomic mass is 79.9. The highest BCUT2D eigenvalue weighted by Crippen LogP contribution is 2.30. The summed E-state index contributed by atoms with van der Waals surface area (Å²) in [6.45, 7) is 2.04. The minimum atomic E-state index is -0.680. The molecule has 1 N–H and O–H groups in total. The van der Waals surface area contributed by atoms with Crippen molar-refractivity contribution in [3.05, 3.63) is 97.5 Å². The Morgan fingerprint density at radius 2 is 1.88 bits per heavy atom. The summed E-state index contributed by atoms with van der Waals surface area (Å²) < 4.78 is 12.2. The summed E-state index contributed by atoms with van der Waals surface area (Å²) >= 11 is 3.39. The zero-order chi connectivity index (χ0) is 24.7. The van der Waals surface area contributed by atoms with E-state index in [1.54, 1.807) is 25.1 Å². The van der Waals surface area contributed by atoms with Crippen LogP contribution in [0.15, 0.2) is 70.7 Å². The van der Waals surface area contributed by atoms with Crippen LogP contribution in [0.4, 0.5) is 11.4 Å². The Bertz CT molecular complexity index is 1300. The molecule has 0 radical (unpaired) electrons. The van der Waals surface area contributed by atoms with Gasteiger partial charge >= 0.3 is 0 Å². The number of anilines is 1. The van der Waals surface area contributed by atoms with E-state index in [1.807, 2.05) is 30.3 Å². The maximum Gasteiger partial charge on any atom is 0.271 e. The van der Waals surface area contributed by atoms with Crippen LogP contribution in [0.25, 0.3) is 6.08 Å². The molecule has 0 saturated carbocycles. The van der Waals surface area contributed by atoms with Gasteiger partial charge in [-0.05, 0) is 54.0 Å². The maximum absolute atomic E-state index is 12.7. The number of methoxy groups -OCH3 is 1. The molecule has 0 aliphatic heterocycles. The molecule has 0 aliphatic rings. The number of nitrogens with one attached hydrogen (secondary N) is 1. The van der Waals surface area contributed by atoms with Crippen molar-refractivity contribution in [2.45, 2.75) is 13.5 Å². The number of amides is 1.